The van der Waals surface area contributed by atoms with E-state index in [1.807, 2.05) is 0 Å². The highest BCUT2D eigenvalue weighted by atomic mass is 79.9. The molecule has 23 heavy (non-hydrogen) atoms. The van der Waals surface area contributed by atoms with E-state index in [4.69, 9.17) is 46.4 Å². The number of hydrogen-bond acceptors (Lipinski definition) is 2. The summed E-state index contributed by atoms with van der Waals surface area (Å²) in [6.07, 6.45) is -3.32. The standard InChI is InChI=1S/C11H3BrCl4F4N2S/c12-9-21-7(23-11(15,16)20)3-22(9)8-5(13)1-4(2-6(8)14)10(17,18)19/h1-3H. The van der Waals surface area contributed by atoms with Crippen molar-refractivity contribution in [2.45, 2.75) is 15.1 Å². The van der Waals surface area contributed by atoms with Crippen LogP contribution in [0.2, 0.25) is 10.0 Å². The van der Waals surface area contributed by atoms with Gasteiger partial charge in [0, 0.05) is 6.20 Å². The summed E-state index contributed by atoms with van der Waals surface area (Å²) in [4.78, 5) is 3.92. The molecular formula is C11H3BrCl4F4N2S. The Hall–Kier alpha value is 0.140. The predicted molar refractivity (Wildman–Crippen MR) is 87.7 cm³/mol. The molecule has 12 heteroatoms. The molecule has 2 aromatic rings. The molecular weight excluding hydrogens is 490 g/mol. The minimum absolute atomic E-state index is 0.0427. The number of nitrogens with zero attached hydrogens (tertiary/aromatic N) is 2. The normalized spacial score (nSPS) is 12.7. The van der Waals surface area contributed by atoms with Crippen molar-refractivity contribution in [3.8, 4) is 5.69 Å². The van der Waals surface area contributed by atoms with Gasteiger partial charge < -0.3 is 0 Å². The maximum absolute atomic E-state index is 13.2. The summed E-state index contributed by atoms with van der Waals surface area (Å²) >= 11 is 25.7. The molecule has 0 amide bonds. The second kappa shape index (κ2) is 6.80. The molecule has 1 aromatic heterocycles. The van der Waals surface area contributed by atoms with Crippen LogP contribution in [0.3, 0.4) is 0 Å². The molecule has 126 valence electrons. The average molecular weight is 493 g/mol. The molecule has 0 aliphatic heterocycles. The highest BCUT2D eigenvalue weighted by Crippen LogP contribution is 2.43. The maximum Gasteiger partial charge on any atom is 0.416 e. The Balaban J connectivity index is 2.51. The van der Waals surface area contributed by atoms with Crippen molar-refractivity contribution >= 4 is 74.1 Å². The predicted octanol–water partition coefficient (Wildman–Crippen LogP) is 7.11. The summed E-state index contributed by atoms with van der Waals surface area (Å²) in [6, 6.07) is 1.45. The van der Waals surface area contributed by atoms with Crippen molar-refractivity contribution in [3.63, 3.8) is 0 Å². The quantitative estimate of drug-likeness (QED) is 0.258. The molecule has 0 saturated carbocycles. The van der Waals surface area contributed by atoms with Crippen molar-refractivity contribution in [3.05, 3.63) is 38.7 Å². The van der Waals surface area contributed by atoms with Crippen LogP contribution in [-0.4, -0.2) is 13.5 Å². The van der Waals surface area contributed by atoms with Crippen LogP contribution in [-0.2, 0) is 6.18 Å². The zero-order valence-corrected chi connectivity index (χ0v) is 15.9. The third-order valence-electron chi connectivity index (χ3n) is 2.45. The minimum atomic E-state index is -4.59. The van der Waals surface area contributed by atoms with Gasteiger partial charge in [0.2, 0.25) is 0 Å². The maximum atomic E-state index is 13.2. The van der Waals surface area contributed by atoms with Gasteiger partial charge in [-0.15, -0.1) is 0 Å². The van der Waals surface area contributed by atoms with Crippen LogP contribution in [0.15, 0.2) is 28.1 Å². The second-order valence-electron chi connectivity index (χ2n) is 4.05. The summed E-state index contributed by atoms with van der Waals surface area (Å²) in [5.74, 6) is 0. The Kier molecular flexibility index (Phi) is 5.76. The van der Waals surface area contributed by atoms with Gasteiger partial charge in [-0.25, -0.2) is 4.98 Å². The van der Waals surface area contributed by atoms with E-state index in [-0.39, 0.29) is 25.5 Å². The highest BCUT2D eigenvalue weighted by molar-refractivity contribution is 9.10. The second-order valence-corrected chi connectivity index (χ2v) is 8.44. The van der Waals surface area contributed by atoms with Gasteiger partial charge >= 0.3 is 10.1 Å². The number of alkyl halides is 6. The summed E-state index contributed by atoms with van der Waals surface area (Å²) in [7, 11) is 0. The number of rotatable bonds is 3. The van der Waals surface area contributed by atoms with Crippen LogP contribution in [0, 0.1) is 0 Å². The van der Waals surface area contributed by atoms with E-state index in [1.165, 1.54) is 10.8 Å². The number of halogens is 9. The lowest BCUT2D eigenvalue weighted by molar-refractivity contribution is -0.137. The largest absolute Gasteiger partial charge is 0.416 e. The Morgan fingerprint density at radius 3 is 2.04 bits per heavy atom. The zero-order chi connectivity index (χ0) is 17.6. The fraction of sp³-hybridized carbons (Fsp3) is 0.182. The number of imidazole rings is 1. The van der Waals surface area contributed by atoms with Crippen molar-refractivity contribution in [2.75, 3.05) is 0 Å². The third-order valence-corrected chi connectivity index (χ3v) is 4.68. The molecule has 1 aromatic carbocycles. The van der Waals surface area contributed by atoms with Gasteiger partial charge in [0.1, 0.15) is 5.03 Å². The molecule has 0 N–H and O–H groups in total. The molecule has 2 rings (SSSR count). The van der Waals surface area contributed by atoms with Crippen LogP contribution < -0.4 is 0 Å². The van der Waals surface area contributed by atoms with E-state index in [1.54, 1.807) is 0 Å². The first kappa shape index (κ1) is 19.5. The molecule has 0 fully saturated rings. The van der Waals surface area contributed by atoms with Crippen molar-refractivity contribution < 1.29 is 17.6 Å². The van der Waals surface area contributed by atoms with Gasteiger partial charge in [-0.1, -0.05) is 46.4 Å². The summed E-state index contributed by atoms with van der Waals surface area (Å²) in [5, 5.41) is -0.457. The van der Waals surface area contributed by atoms with Crippen molar-refractivity contribution in [2.24, 2.45) is 0 Å². The monoisotopic (exact) mass is 490 g/mol. The third kappa shape index (κ3) is 4.83. The van der Waals surface area contributed by atoms with Crippen LogP contribution in [0.25, 0.3) is 5.69 Å². The molecule has 0 spiro atoms. The van der Waals surface area contributed by atoms with Crippen LogP contribution in [0.4, 0.5) is 17.6 Å². The molecule has 0 unspecified atom stereocenters. The number of hydrogen-bond donors (Lipinski definition) is 0. The van der Waals surface area contributed by atoms with Crippen LogP contribution in [0.1, 0.15) is 5.56 Å². The SMILES string of the molecule is FC(Cl)(Cl)Sc1cn(-c2c(Cl)cc(C(F)(F)F)cc2Cl)c(Br)n1. The van der Waals surface area contributed by atoms with Gasteiger partial charge in [-0.05, 0) is 39.8 Å². The number of aromatic nitrogens is 2. The molecule has 0 saturated heterocycles. The smallest absolute Gasteiger partial charge is 0.290 e. The van der Waals surface area contributed by atoms with E-state index in [9.17, 15) is 17.6 Å². The summed E-state index contributed by atoms with van der Waals surface area (Å²) in [6.45, 7) is 0. The van der Waals surface area contributed by atoms with Gasteiger partial charge in [-0.2, -0.15) is 17.6 Å². The number of benzene rings is 1. The lowest BCUT2D eigenvalue weighted by Gasteiger charge is -2.13. The van der Waals surface area contributed by atoms with E-state index in [0.717, 1.165) is 12.1 Å². The molecule has 0 bridgehead atoms. The minimum Gasteiger partial charge on any atom is -0.290 e. The fourth-order valence-electron chi connectivity index (χ4n) is 1.62. The van der Waals surface area contributed by atoms with E-state index >= 15 is 0 Å². The van der Waals surface area contributed by atoms with E-state index < -0.39 is 15.7 Å². The van der Waals surface area contributed by atoms with Crippen molar-refractivity contribution in [1.29, 1.82) is 0 Å². The lowest BCUT2D eigenvalue weighted by atomic mass is 10.2. The zero-order valence-electron chi connectivity index (χ0n) is 10.4. The molecule has 0 aliphatic carbocycles. The summed E-state index contributed by atoms with van der Waals surface area (Å²) < 4.78 is 50.2. The molecule has 0 radical (unpaired) electrons. The fourth-order valence-corrected chi connectivity index (χ4v) is 3.88. The van der Waals surface area contributed by atoms with E-state index in [2.05, 4.69) is 20.9 Å². The van der Waals surface area contributed by atoms with Gasteiger partial charge in [0.05, 0.1) is 21.3 Å². The molecule has 1 heterocycles. The summed E-state index contributed by atoms with van der Waals surface area (Å²) in [5.41, 5.74) is -0.951. The Morgan fingerprint density at radius 1 is 1.09 bits per heavy atom. The Labute approximate surface area is 160 Å². The molecule has 0 atom stereocenters. The van der Waals surface area contributed by atoms with Gasteiger partial charge in [0.15, 0.2) is 4.73 Å². The Morgan fingerprint density at radius 2 is 1.61 bits per heavy atom. The lowest BCUT2D eigenvalue weighted by Crippen LogP contribution is -2.06. The van der Waals surface area contributed by atoms with Crippen LogP contribution in [0.5, 0.6) is 0 Å². The number of thioether (sulfide) groups is 1. The van der Waals surface area contributed by atoms with Gasteiger partial charge in [0.25, 0.3) is 0 Å². The molecule has 0 aliphatic rings. The first-order valence-electron chi connectivity index (χ1n) is 5.46. The average Bonchev–Trinajstić information content (AvgIpc) is 2.65. The molecule has 2 nitrogen and oxygen atoms in total. The first-order valence-corrected chi connectivity index (χ1v) is 8.58. The van der Waals surface area contributed by atoms with Gasteiger partial charge in [-0.3, -0.25) is 4.57 Å². The van der Waals surface area contributed by atoms with Crippen LogP contribution >= 0.6 is 74.1 Å². The van der Waals surface area contributed by atoms with E-state index in [0.29, 0.717) is 11.8 Å². The van der Waals surface area contributed by atoms with Crippen molar-refractivity contribution in [1.82, 2.24) is 9.55 Å². The highest BCUT2D eigenvalue weighted by Gasteiger charge is 2.32. The first-order chi connectivity index (χ1) is 10.4. The Bertz CT molecular complexity index is 722. The topological polar surface area (TPSA) is 17.8 Å².